The molecule has 0 aliphatic rings. The van der Waals surface area contributed by atoms with Crippen LogP contribution in [0.2, 0.25) is 5.02 Å². The molecule has 1 amide bonds. The Hall–Kier alpha value is -3.48. The van der Waals surface area contributed by atoms with Gasteiger partial charge in [0.25, 0.3) is 5.91 Å². The van der Waals surface area contributed by atoms with Crippen molar-refractivity contribution in [2.24, 2.45) is 0 Å². The summed E-state index contributed by atoms with van der Waals surface area (Å²) in [5.74, 6) is 0.319. The van der Waals surface area contributed by atoms with Crippen LogP contribution >= 0.6 is 11.6 Å². The number of ether oxygens (including phenoxy) is 1. The molecule has 6 nitrogen and oxygen atoms in total. The van der Waals surface area contributed by atoms with Crippen LogP contribution in [0.25, 0.3) is 22.2 Å². The van der Waals surface area contributed by atoms with Crippen molar-refractivity contribution in [2.45, 2.75) is 0 Å². The van der Waals surface area contributed by atoms with Crippen LogP contribution in [-0.4, -0.2) is 36.1 Å². The highest BCUT2D eigenvalue weighted by Gasteiger charge is 2.11. The predicted molar refractivity (Wildman–Crippen MR) is 124 cm³/mol. The quantitative estimate of drug-likeness (QED) is 0.399. The van der Waals surface area contributed by atoms with E-state index < -0.39 is 0 Å². The maximum Gasteiger partial charge on any atom is 0.251 e. The van der Waals surface area contributed by atoms with Crippen LogP contribution in [0.4, 0.5) is 11.6 Å². The highest BCUT2D eigenvalue weighted by molar-refractivity contribution is 6.31. The van der Waals surface area contributed by atoms with Crippen LogP contribution in [0.3, 0.4) is 0 Å². The Morgan fingerprint density at radius 1 is 1.00 bits per heavy atom. The van der Waals surface area contributed by atoms with Gasteiger partial charge in [-0.25, -0.2) is 9.97 Å². The molecule has 31 heavy (non-hydrogen) atoms. The Balaban J connectivity index is 1.62. The lowest BCUT2D eigenvalue weighted by molar-refractivity contribution is 0.0937. The zero-order valence-electron chi connectivity index (χ0n) is 16.9. The number of hydrogen-bond donors (Lipinski definition) is 2. The smallest absolute Gasteiger partial charge is 0.251 e. The molecule has 0 aliphatic carbocycles. The SMILES string of the molecule is COCCNC(=O)c1ccc(Nc2nc(-c3ccccc3)c3cc(Cl)ccc3n2)cc1. The van der Waals surface area contributed by atoms with Gasteiger partial charge in [-0.05, 0) is 42.5 Å². The largest absolute Gasteiger partial charge is 0.383 e. The van der Waals surface area contributed by atoms with Crippen molar-refractivity contribution in [3.05, 3.63) is 83.4 Å². The van der Waals surface area contributed by atoms with Crippen molar-refractivity contribution >= 4 is 40.0 Å². The minimum Gasteiger partial charge on any atom is -0.383 e. The second-order valence-electron chi connectivity index (χ2n) is 6.87. The summed E-state index contributed by atoms with van der Waals surface area (Å²) in [5.41, 5.74) is 3.91. The number of benzene rings is 3. The minimum atomic E-state index is -0.145. The van der Waals surface area contributed by atoms with Gasteiger partial charge in [0.05, 0.1) is 17.8 Å². The van der Waals surface area contributed by atoms with Crippen LogP contribution in [0.1, 0.15) is 10.4 Å². The monoisotopic (exact) mass is 432 g/mol. The van der Waals surface area contributed by atoms with Gasteiger partial charge in [0.15, 0.2) is 0 Å². The number of halogens is 1. The van der Waals surface area contributed by atoms with Crippen molar-refractivity contribution in [2.75, 3.05) is 25.6 Å². The van der Waals surface area contributed by atoms with Gasteiger partial charge in [0, 0.05) is 40.9 Å². The molecule has 0 saturated carbocycles. The molecular formula is C24H21ClN4O2. The third-order valence-electron chi connectivity index (χ3n) is 4.70. The number of carbonyl (C=O) groups excluding carboxylic acids is 1. The molecule has 0 fully saturated rings. The molecular weight excluding hydrogens is 412 g/mol. The average Bonchev–Trinajstić information content (AvgIpc) is 2.80. The molecule has 1 aromatic heterocycles. The number of carbonyl (C=O) groups is 1. The van der Waals surface area contributed by atoms with Crippen LogP contribution in [0.15, 0.2) is 72.8 Å². The zero-order chi connectivity index (χ0) is 21.6. The van der Waals surface area contributed by atoms with E-state index in [1.54, 1.807) is 19.2 Å². The van der Waals surface area contributed by atoms with Gasteiger partial charge in [0.2, 0.25) is 5.95 Å². The molecule has 0 spiro atoms. The third-order valence-corrected chi connectivity index (χ3v) is 4.94. The van der Waals surface area contributed by atoms with E-state index in [9.17, 15) is 4.79 Å². The normalized spacial score (nSPS) is 10.8. The average molecular weight is 433 g/mol. The Morgan fingerprint density at radius 3 is 2.52 bits per heavy atom. The number of hydrogen-bond acceptors (Lipinski definition) is 5. The van der Waals surface area contributed by atoms with Gasteiger partial charge in [-0.2, -0.15) is 0 Å². The summed E-state index contributed by atoms with van der Waals surface area (Å²) in [6.45, 7) is 0.937. The molecule has 7 heteroatoms. The number of methoxy groups -OCH3 is 1. The Bertz CT molecular complexity index is 1200. The van der Waals surface area contributed by atoms with Crippen molar-refractivity contribution in [3.63, 3.8) is 0 Å². The van der Waals surface area contributed by atoms with Gasteiger partial charge in [-0.1, -0.05) is 41.9 Å². The molecule has 4 aromatic rings. The molecule has 0 atom stereocenters. The van der Waals surface area contributed by atoms with E-state index in [4.69, 9.17) is 21.3 Å². The van der Waals surface area contributed by atoms with Crippen LogP contribution in [0, 0.1) is 0 Å². The molecule has 3 aromatic carbocycles. The first-order chi connectivity index (χ1) is 15.1. The van der Waals surface area contributed by atoms with E-state index in [0.29, 0.717) is 29.7 Å². The van der Waals surface area contributed by atoms with E-state index in [1.165, 1.54) is 0 Å². The summed E-state index contributed by atoms with van der Waals surface area (Å²) in [4.78, 5) is 21.5. The van der Waals surface area contributed by atoms with E-state index in [1.807, 2.05) is 60.7 Å². The number of fused-ring (bicyclic) bond motifs is 1. The molecule has 156 valence electrons. The molecule has 0 bridgehead atoms. The van der Waals surface area contributed by atoms with Crippen LogP contribution in [0.5, 0.6) is 0 Å². The first-order valence-electron chi connectivity index (χ1n) is 9.81. The van der Waals surface area contributed by atoms with E-state index in [-0.39, 0.29) is 5.91 Å². The Labute approximate surface area is 185 Å². The van der Waals surface area contributed by atoms with Crippen LogP contribution in [-0.2, 0) is 4.74 Å². The van der Waals surface area contributed by atoms with E-state index in [2.05, 4.69) is 15.6 Å². The summed E-state index contributed by atoms with van der Waals surface area (Å²) in [5, 5.41) is 7.55. The van der Waals surface area contributed by atoms with Crippen molar-refractivity contribution in [1.29, 1.82) is 0 Å². The number of nitrogens with one attached hydrogen (secondary N) is 2. The zero-order valence-corrected chi connectivity index (χ0v) is 17.7. The molecule has 0 saturated heterocycles. The lowest BCUT2D eigenvalue weighted by atomic mass is 10.1. The van der Waals surface area contributed by atoms with Gasteiger partial charge >= 0.3 is 0 Å². The second-order valence-corrected chi connectivity index (χ2v) is 7.31. The van der Waals surface area contributed by atoms with Crippen molar-refractivity contribution in [3.8, 4) is 11.3 Å². The van der Waals surface area contributed by atoms with Gasteiger partial charge in [-0.15, -0.1) is 0 Å². The molecule has 2 N–H and O–H groups in total. The number of amides is 1. The molecule has 1 heterocycles. The molecule has 0 aliphatic heterocycles. The van der Waals surface area contributed by atoms with Crippen LogP contribution < -0.4 is 10.6 Å². The van der Waals surface area contributed by atoms with Gasteiger partial charge < -0.3 is 15.4 Å². The Morgan fingerprint density at radius 2 is 1.77 bits per heavy atom. The first-order valence-corrected chi connectivity index (χ1v) is 10.2. The maximum absolute atomic E-state index is 12.1. The summed E-state index contributed by atoms with van der Waals surface area (Å²) >= 11 is 6.22. The summed E-state index contributed by atoms with van der Waals surface area (Å²) in [6.07, 6.45) is 0. The van der Waals surface area contributed by atoms with Gasteiger partial charge in [-0.3, -0.25) is 4.79 Å². The fourth-order valence-electron chi connectivity index (χ4n) is 3.18. The standard InChI is InChI=1S/C24H21ClN4O2/c1-31-14-13-26-23(30)17-7-10-19(11-8-17)27-24-28-21-12-9-18(25)15-20(21)22(29-24)16-5-3-2-4-6-16/h2-12,15H,13-14H2,1H3,(H,26,30)(H,27,28,29). The summed E-state index contributed by atoms with van der Waals surface area (Å²) in [6, 6.07) is 22.6. The van der Waals surface area contributed by atoms with Crippen molar-refractivity contribution < 1.29 is 9.53 Å². The summed E-state index contributed by atoms with van der Waals surface area (Å²) < 4.78 is 4.95. The van der Waals surface area contributed by atoms with Crippen molar-refractivity contribution in [1.82, 2.24) is 15.3 Å². The maximum atomic E-state index is 12.1. The minimum absolute atomic E-state index is 0.145. The highest BCUT2D eigenvalue weighted by Crippen LogP contribution is 2.30. The summed E-state index contributed by atoms with van der Waals surface area (Å²) in [7, 11) is 1.60. The first kappa shape index (κ1) is 20.8. The Kier molecular flexibility index (Phi) is 6.40. The second kappa shape index (κ2) is 9.55. The number of rotatable bonds is 7. The van der Waals surface area contributed by atoms with E-state index in [0.717, 1.165) is 27.8 Å². The molecule has 4 rings (SSSR count). The fourth-order valence-corrected chi connectivity index (χ4v) is 3.35. The lowest BCUT2D eigenvalue weighted by Gasteiger charge is -2.11. The highest BCUT2D eigenvalue weighted by atomic mass is 35.5. The molecule has 0 unspecified atom stereocenters. The lowest BCUT2D eigenvalue weighted by Crippen LogP contribution is -2.26. The topological polar surface area (TPSA) is 76.1 Å². The number of aromatic nitrogens is 2. The third kappa shape index (κ3) is 4.99. The predicted octanol–water partition coefficient (Wildman–Crippen LogP) is 5.07. The van der Waals surface area contributed by atoms with Gasteiger partial charge in [0.1, 0.15) is 0 Å². The van der Waals surface area contributed by atoms with E-state index >= 15 is 0 Å². The number of anilines is 2. The molecule has 0 radical (unpaired) electrons. The number of nitrogens with zero attached hydrogens (tertiary/aromatic N) is 2. The fraction of sp³-hybridized carbons (Fsp3) is 0.125.